The fourth-order valence-corrected chi connectivity index (χ4v) is 3.46. The first-order valence-electron chi connectivity index (χ1n) is 7.98. The van der Waals surface area contributed by atoms with E-state index in [2.05, 4.69) is 13.8 Å². The molecule has 0 aliphatic heterocycles. The molecule has 2 rings (SSSR count). The summed E-state index contributed by atoms with van der Waals surface area (Å²) in [5.74, 6) is -0.167. The minimum Gasteiger partial charge on any atom is -0.464 e. The maximum atomic E-state index is 11.6. The van der Waals surface area contributed by atoms with Gasteiger partial charge in [-0.05, 0) is 61.1 Å². The summed E-state index contributed by atoms with van der Waals surface area (Å²) < 4.78 is 4.84. The molecule has 0 bridgehead atoms. The highest BCUT2D eigenvalue weighted by molar-refractivity contribution is 6.31. The van der Waals surface area contributed by atoms with Crippen LogP contribution in [0, 0.1) is 5.41 Å². The van der Waals surface area contributed by atoms with E-state index in [1.807, 2.05) is 6.07 Å². The molecule has 1 unspecified atom stereocenters. The van der Waals surface area contributed by atoms with E-state index in [1.54, 1.807) is 19.1 Å². The van der Waals surface area contributed by atoms with Gasteiger partial charge in [0.15, 0.2) is 6.10 Å². The molecule has 1 atom stereocenters. The first kappa shape index (κ1) is 17.3. The van der Waals surface area contributed by atoms with Crippen molar-refractivity contribution in [2.45, 2.75) is 58.5 Å². The summed E-state index contributed by atoms with van der Waals surface area (Å²) in [7, 11) is 0. The zero-order valence-corrected chi connectivity index (χ0v) is 14.3. The number of aliphatic hydroxyl groups is 1. The molecule has 0 spiro atoms. The van der Waals surface area contributed by atoms with Gasteiger partial charge in [-0.2, -0.15) is 0 Å². The molecule has 1 N–H and O–H groups in total. The molecule has 1 aromatic carbocycles. The van der Waals surface area contributed by atoms with Gasteiger partial charge in [-0.1, -0.05) is 37.6 Å². The van der Waals surface area contributed by atoms with Crippen molar-refractivity contribution in [3.05, 3.63) is 34.3 Å². The molecule has 22 heavy (non-hydrogen) atoms. The van der Waals surface area contributed by atoms with Crippen LogP contribution >= 0.6 is 11.6 Å². The lowest BCUT2D eigenvalue weighted by molar-refractivity contribution is -0.153. The number of benzene rings is 1. The van der Waals surface area contributed by atoms with Gasteiger partial charge < -0.3 is 9.84 Å². The van der Waals surface area contributed by atoms with Crippen LogP contribution in [0.25, 0.3) is 0 Å². The molecule has 1 aliphatic carbocycles. The van der Waals surface area contributed by atoms with Gasteiger partial charge in [-0.25, -0.2) is 4.79 Å². The van der Waals surface area contributed by atoms with E-state index in [9.17, 15) is 9.90 Å². The van der Waals surface area contributed by atoms with Crippen LogP contribution in [-0.2, 0) is 9.53 Å². The number of halogens is 1. The number of carbonyl (C=O) groups excluding carboxylic acids is 1. The molecule has 0 amide bonds. The molecule has 0 radical (unpaired) electrons. The Kier molecular flexibility index (Phi) is 5.51. The SMILES string of the molecule is CCOC(=O)C(O)c1ccc(C2CCC(C)(C)CC2)c(Cl)c1. The quantitative estimate of drug-likeness (QED) is 0.822. The zero-order chi connectivity index (χ0) is 16.3. The second-order valence-electron chi connectivity index (χ2n) is 6.87. The Morgan fingerprint density at radius 3 is 2.59 bits per heavy atom. The molecule has 1 aliphatic rings. The molecule has 0 saturated heterocycles. The summed E-state index contributed by atoms with van der Waals surface area (Å²) in [5, 5.41) is 10.6. The molecule has 1 saturated carbocycles. The highest BCUT2D eigenvalue weighted by Gasteiger charge is 2.29. The average Bonchev–Trinajstić information content (AvgIpc) is 2.47. The Bertz CT molecular complexity index is 529. The van der Waals surface area contributed by atoms with Gasteiger partial charge in [-0.3, -0.25) is 0 Å². The van der Waals surface area contributed by atoms with E-state index in [-0.39, 0.29) is 6.61 Å². The molecule has 1 aromatic rings. The van der Waals surface area contributed by atoms with E-state index in [0.29, 0.717) is 21.9 Å². The van der Waals surface area contributed by atoms with Crippen LogP contribution < -0.4 is 0 Å². The van der Waals surface area contributed by atoms with Crippen molar-refractivity contribution < 1.29 is 14.6 Å². The minimum atomic E-state index is -1.27. The lowest BCUT2D eigenvalue weighted by atomic mass is 9.71. The number of esters is 1. The Morgan fingerprint density at radius 1 is 1.41 bits per heavy atom. The molecule has 0 heterocycles. The second-order valence-corrected chi connectivity index (χ2v) is 7.28. The van der Waals surface area contributed by atoms with Gasteiger partial charge in [-0.15, -0.1) is 0 Å². The summed E-state index contributed by atoms with van der Waals surface area (Å²) in [4.78, 5) is 11.6. The number of ether oxygens (including phenoxy) is 1. The first-order chi connectivity index (χ1) is 10.3. The Labute approximate surface area is 137 Å². The maximum absolute atomic E-state index is 11.6. The van der Waals surface area contributed by atoms with Gasteiger partial charge >= 0.3 is 5.97 Å². The van der Waals surface area contributed by atoms with Gasteiger partial charge in [0.1, 0.15) is 0 Å². The number of hydrogen-bond acceptors (Lipinski definition) is 3. The van der Waals surface area contributed by atoms with E-state index < -0.39 is 12.1 Å². The van der Waals surface area contributed by atoms with Crippen LogP contribution in [-0.4, -0.2) is 17.7 Å². The predicted molar refractivity (Wildman–Crippen MR) is 88.0 cm³/mol. The lowest BCUT2D eigenvalue weighted by Gasteiger charge is -2.34. The van der Waals surface area contributed by atoms with Crippen molar-refractivity contribution in [3.63, 3.8) is 0 Å². The van der Waals surface area contributed by atoms with E-state index in [4.69, 9.17) is 16.3 Å². The van der Waals surface area contributed by atoms with E-state index in [1.165, 1.54) is 12.8 Å². The van der Waals surface area contributed by atoms with Crippen LogP contribution in [0.4, 0.5) is 0 Å². The molecule has 0 aromatic heterocycles. The van der Waals surface area contributed by atoms with E-state index >= 15 is 0 Å². The van der Waals surface area contributed by atoms with Crippen molar-refractivity contribution in [1.82, 2.24) is 0 Å². The minimum absolute atomic E-state index is 0.250. The van der Waals surface area contributed by atoms with Crippen LogP contribution in [0.2, 0.25) is 5.02 Å². The largest absolute Gasteiger partial charge is 0.464 e. The summed E-state index contributed by atoms with van der Waals surface area (Å²) >= 11 is 6.40. The number of hydrogen-bond donors (Lipinski definition) is 1. The fourth-order valence-electron chi connectivity index (χ4n) is 3.11. The normalized spacial score (nSPS) is 19.7. The molecular weight excluding hydrogens is 300 g/mol. The van der Waals surface area contributed by atoms with Crippen molar-refractivity contribution in [1.29, 1.82) is 0 Å². The number of aliphatic hydroxyl groups excluding tert-OH is 1. The zero-order valence-electron chi connectivity index (χ0n) is 13.6. The maximum Gasteiger partial charge on any atom is 0.339 e. The molecule has 3 nitrogen and oxygen atoms in total. The molecule has 1 fully saturated rings. The van der Waals surface area contributed by atoms with Crippen LogP contribution in [0.15, 0.2) is 18.2 Å². The molecule has 122 valence electrons. The third-order valence-corrected chi connectivity index (χ3v) is 4.96. The van der Waals surface area contributed by atoms with Gasteiger partial charge in [0.25, 0.3) is 0 Å². The van der Waals surface area contributed by atoms with Crippen molar-refractivity contribution in [2.24, 2.45) is 5.41 Å². The van der Waals surface area contributed by atoms with Crippen LogP contribution in [0.1, 0.15) is 69.6 Å². The third kappa shape index (κ3) is 4.02. The van der Waals surface area contributed by atoms with Gasteiger partial charge in [0.2, 0.25) is 0 Å². The summed E-state index contributed by atoms with van der Waals surface area (Å²) in [6, 6.07) is 5.42. The Hall–Kier alpha value is -1.06. The van der Waals surface area contributed by atoms with Crippen LogP contribution in [0.3, 0.4) is 0 Å². The lowest BCUT2D eigenvalue weighted by Crippen LogP contribution is -2.20. The highest BCUT2D eigenvalue weighted by atomic mass is 35.5. The summed E-state index contributed by atoms with van der Waals surface area (Å²) in [6.07, 6.45) is 3.39. The summed E-state index contributed by atoms with van der Waals surface area (Å²) in [6.45, 7) is 6.58. The molecular formula is C18H25ClO3. The smallest absolute Gasteiger partial charge is 0.339 e. The standard InChI is InChI=1S/C18H25ClO3/c1-4-22-17(21)16(20)13-5-6-14(15(19)11-13)12-7-9-18(2,3)10-8-12/h5-6,11-12,16,20H,4,7-10H2,1-3H3. The summed E-state index contributed by atoms with van der Waals surface area (Å²) in [5.41, 5.74) is 2.03. The van der Waals surface area contributed by atoms with Crippen molar-refractivity contribution in [3.8, 4) is 0 Å². The van der Waals surface area contributed by atoms with Crippen molar-refractivity contribution >= 4 is 17.6 Å². The predicted octanol–water partition coefficient (Wildman–Crippen LogP) is 4.62. The Balaban J connectivity index is 2.12. The van der Waals surface area contributed by atoms with E-state index in [0.717, 1.165) is 18.4 Å². The topological polar surface area (TPSA) is 46.5 Å². The highest BCUT2D eigenvalue weighted by Crippen LogP contribution is 2.44. The monoisotopic (exact) mass is 324 g/mol. The number of carbonyl (C=O) groups is 1. The molecule has 4 heteroatoms. The average molecular weight is 325 g/mol. The number of rotatable bonds is 4. The first-order valence-corrected chi connectivity index (χ1v) is 8.36. The van der Waals surface area contributed by atoms with Crippen LogP contribution in [0.5, 0.6) is 0 Å². The van der Waals surface area contributed by atoms with Gasteiger partial charge in [0.05, 0.1) is 6.61 Å². The van der Waals surface area contributed by atoms with Gasteiger partial charge in [0, 0.05) is 5.02 Å². The fraction of sp³-hybridized carbons (Fsp3) is 0.611. The third-order valence-electron chi connectivity index (χ3n) is 4.63. The van der Waals surface area contributed by atoms with Crippen molar-refractivity contribution in [2.75, 3.05) is 6.61 Å². The second kappa shape index (κ2) is 7.01. The Morgan fingerprint density at radius 2 is 2.05 bits per heavy atom.